The quantitative estimate of drug-likeness (QED) is 0.627. The second-order valence-electron chi connectivity index (χ2n) is 8.11. The molecule has 0 radical (unpaired) electrons. The van der Waals surface area contributed by atoms with E-state index in [4.69, 9.17) is 9.47 Å². The lowest BCUT2D eigenvalue weighted by Gasteiger charge is -2.31. The van der Waals surface area contributed by atoms with Crippen molar-refractivity contribution in [2.45, 2.75) is 44.8 Å². The normalized spacial score (nSPS) is 16.4. The van der Waals surface area contributed by atoms with E-state index in [-0.39, 0.29) is 17.2 Å². The number of benzene rings is 2. The largest absolute Gasteiger partial charge is 0.448 e. The molecule has 10 heteroatoms. The molecule has 0 unspecified atom stereocenters. The summed E-state index contributed by atoms with van der Waals surface area (Å²) in [4.78, 5) is 24.4. The van der Waals surface area contributed by atoms with E-state index in [2.05, 4.69) is 15.4 Å². The van der Waals surface area contributed by atoms with Gasteiger partial charge in [0, 0.05) is 37.2 Å². The Kier molecular flexibility index (Phi) is 5.72. The van der Waals surface area contributed by atoms with Crippen LogP contribution in [0, 0.1) is 0 Å². The summed E-state index contributed by atoms with van der Waals surface area (Å²) >= 11 is 0. The van der Waals surface area contributed by atoms with Crippen molar-refractivity contribution in [2.75, 3.05) is 21.6 Å². The molecule has 9 nitrogen and oxygen atoms in total. The van der Waals surface area contributed by atoms with E-state index in [9.17, 15) is 18.0 Å². The summed E-state index contributed by atoms with van der Waals surface area (Å²) in [7, 11) is -3.62. The predicted molar refractivity (Wildman–Crippen MR) is 121 cm³/mol. The standard InChI is InChI=1S/C22H25N3O6S/c1-14(26)23-15-6-8-18(25-32(2,28)29)17(12-15)21(27)24-16-7-9-19-20(13-16)31-22(30-19)10-4-3-5-11-22/h6-9,12-13,25H,3-5,10-11H2,1-2H3,(H,23,26)(H,24,27). The van der Waals surface area contributed by atoms with Crippen LogP contribution in [0.3, 0.4) is 0 Å². The van der Waals surface area contributed by atoms with Crippen LogP contribution in [0.15, 0.2) is 36.4 Å². The van der Waals surface area contributed by atoms with Crippen molar-refractivity contribution in [2.24, 2.45) is 0 Å². The van der Waals surface area contributed by atoms with E-state index in [1.807, 2.05) is 0 Å². The van der Waals surface area contributed by atoms with Gasteiger partial charge in [-0.3, -0.25) is 14.3 Å². The Morgan fingerprint density at radius 3 is 2.25 bits per heavy atom. The molecule has 2 aromatic carbocycles. The number of fused-ring (bicyclic) bond motifs is 1. The Morgan fingerprint density at radius 2 is 1.56 bits per heavy atom. The molecule has 0 aromatic heterocycles. The number of hydrogen-bond acceptors (Lipinski definition) is 6. The van der Waals surface area contributed by atoms with Crippen LogP contribution >= 0.6 is 0 Å². The second kappa shape index (κ2) is 8.34. The molecule has 0 bridgehead atoms. The van der Waals surface area contributed by atoms with Gasteiger partial charge in [-0.25, -0.2) is 8.42 Å². The van der Waals surface area contributed by atoms with Crippen LogP contribution in [0.1, 0.15) is 49.4 Å². The van der Waals surface area contributed by atoms with Crippen LogP contribution in [-0.4, -0.2) is 32.3 Å². The van der Waals surface area contributed by atoms with Gasteiger partial charge in [-0.05, 0) is 43.2 Å². The first-order chi connectivity index (χ1) is 15.1. The number of carbonyl (C=O) groups excluding carboxylic acids is 2. The summed E-state index contributed by atoms with van der Waals surface area (Å²) in [6.45, 7) is 1.34. The van der Waals surface area contributed by atoms with Gasteiger partial charge in [0.25, 0.3) is 11.7 Å². The summed E-state index contributed by atoms with van der Waals surface area (Å²) in [6.07, 6.45) is 5.87. The number of sulfonamides is 1. The summed E-state index contributed by atoms with van der Waals surface area (Å²) in [5.41, 5.74) is 0.996. The maximum atomic E-state index is 13.0. The van der Waals surface area contributed by atoms with Gasteiger partial charge in [-0.15, -0.1) is 0 Å². The Balaban J connectivity index is 1.57. The van der Waals surface area contributed by atoms with E-state index in [1.165, 1.54) is 25.1 Å². The first-order valence-electron chi connectivity index (χ1n) is 10.4. The Hall–Kier alpha value is -3.27. The molecule has 1 aliphatic carbocycles. The topological polar surface area (TPSA) is 123 Å². The molecular formula is C22H25N3O6S. The Bertz CT molecular complexity index is 1170. The molecule has 1 fully saturated rings. The molecule has 1 aliphatic heterocycles. The lowest BCUT2D eigenvalue weighted by atomic mass is 9.94. The minimum absolute atomic E-state index is 0.0584. The summed E-state index contributed by atoms with van der Waals surface area (Å²) < 4.78 is 37.9. The molecule has 1 saturated carbocycles. The number of anilines is 3. The average molecular weight is 460 g/mol. The fourth-order valence-corrected chi connectivity index (χ4v) is 4.54. The summed E-state index contributed by atoms with van der Waals surface area (Å²) in [5, 5.41) is 5.35. The van der Waals surface area contributed by atoms with Crippen molar-refractivity contribution in [3.8, 4) is 11.5 Å². The highest BCUT2D eigenvalue weighted by atomic mass is 32.2. The smallest absolute Gasteiger partial charge is 0.257 e. The zero-order chi connectivity index (χ0) is 22.9. The van der Waals surface area contributed by atoms with Crippen molar-refractivity contribution in [1.82, 2.24) is 0 Å². The van der Waals surface area contributed by atoms with Gasteiger partial charge < -0.3 is 20.1 Å². The van der Waals surface area contributed by atoms with E-state index in [1.54, 1.807) is 18.2 Å². The number of hydrogen-bond donors (Lipinski definition) is 3. The third kappa shape index (κ3) is 4.96. The van der Waals surface area contributed by atoms with E-state index < -0.39 is 21.7 Å². The molecule has 1 heterocycles. The molecule has 1 spiro atoms. The third-order valence-corrected chi connectivity index (χ3v) is 5.88. The highest BCUT2D eigenvalue weighted by molar-refractivity contribution is 7.92. The number of ether oxygens (including phenoxy) is 2. The van der Waals surface area contributed by atoms with Crippen molar-refractivity contribution in [3.05, 3.63) is 42.0 Å². The monoisotopic (exact) mass is 459 g/mol. The van der Waals surface area contributed by atoms with E-state index in [0.29, 0.717) is 22.9 Å². The first kappa shape index (κ1) is 21.9. The van der Waals surface area contributed by atoms with Gasteiger partial charge in [-0.1, -0.05) is 6.42 Å². The van der Waals surface area contributed by atoms with Crippen molar-refractivity contribution < 1.29 is 27.5 Å². The molecule has 2 aromatic rings. The highest BCUT2D eigenvalue weighted by Gasteiger charge is 2.42. The number of amides is 2. The first-order valence-corrected chi connectivity index (χ1v) is 12.2. The molecule has 32 heavy (non-hydrogen) atoms. The van der Waals surface area contributed by atoms with Crippen LogP contribution in [0.25, 0.3) is 0 Å². The molecule has 3 N–H and O–H groups in total. The average Bonchev–Trinajstić information content (AvgIpc) is 3.04. The number of nitrogens with one attached hydrogen (secondary N) is 3. The summed E-state index contributed by atoms with van der Waals surface area (Å²) in [5.74, 6) is -0.284. The molecule has 2 amide bonds. The van der Waals surface area contributed by atoms with E-state index >= 15 is 0 Å². The van der Waals surface area contributed by atoms with Crippen molar-refractivity contribution in [3.63, 3.8) is 0 Å². The van der Waals surface area contributed by atoms with Gasteiger partial charge in [0.1, 0.15) is 0 Å². The van der Waals surface area contributed by atoms with Gasteiger partial charge in [0.15, 0.2) is 11.5 Å². The maximum Gasteiger partial charge on any atom is 0.257 e. The summed E-state index contributed by atoms with van der Waals surface area (Å²) in [6, 6.07) is 9.48. The van der Waals surface area contributed by atoms with Crippen LogP contribution < -0.4 is 24.8 Å². The van der Waals surface area contributed by atoms with Crippen LogP contribution in [-0.2, 0) is 14.8 Å². The van der Waals surface area contributed by atoms with Gasteiger partial charge >= 0.3 is 0 Å². The van der Waals surface area contributed by atoms with Crippen molar-refractivity contribution >= 4 is 38.9 Å². The van der Waals surface area contributed by atoms with Crippen LogP contribution in [0.5, 0.6) is 11.5 Å². The molecule has 0 atom stereocenters. The van der Waals surface area contributed by atoms with E-state index in [0.717, 1.165) is 38.4 Å². The fourth-order valence-electron chi connectivity index (χ4n) is 3.97. The molecule has 170 valence electrons. The maximum absolute atomic E-state index is 13.0. The third-order valence-electron chi connectivity index (χ3n) is 5.29. The zero-order valence-electron chi connectivity index (χ0n) is 17.9. The van der Waals surface area contributed by atoms with Crippen LogP contribution in [0.4, 0.5) is 17.1 Å². The van der Waals surface area contributed by atoms with Gasteiger partial charge in [-0.2, -0.15) is 0 Å². The fraction of sp³-hybridized carbons (Fsp3) is 0.364. The molecular weight excluding hydrogens is 434 g/mol. The lowest BCUT2D eigenvalue weighted by molar-refractivity contribution is -0.114. The SMILES string of the molecule is CC(=O)Nc1ccc(NS(C)(=O)=O)c(C(=O)Nc2ccc3c(c2)OC2(CCCCC2)O3)c1. The van der Waals surface area contributed by atoms with Gasteiger partial charge in [0.05, 0.1) is 17.5 Å². The number of carbonyl (C=O) groups is 2. The molecule has 4 rings (SSSR count). The minimum atomic E-state index is -3.62. The second-order valence-corrected chi connectivity index (χ2v) is 9.86. The minimum Gasteiger partial charge on any atom is -0.448 e. The number of rotatable bonds is 5. The highest BCUT2D eigenvalue weighted by Crippen LogP contribution is 2.46. The Morgan fingerprint density at radius 1 is 0.906 bits per heavy atom. The van der Waals surface area contributed by atoms with Crippen molar-refractivity contribution in [1.29, 1.82) is 0 Å². The predicted octanol–water partition coefficient (Wildman–Crippen LogP) is 3.70. The lowest BCUT2D eigenvalue weighted by Crippen LogP contribution is -2.40. The van der Waals surface area contributed by atoms with Crippen LogP contribution in [0.2, 0.25) is 0 Å². The molecule has 2 aliphatic rings. The molecule has 0 saturated heterocycles. The Labute approximate surface area is 186 Å². The zero-order valence-corrected chi connectivity index (χ0v) is 18.7. The van der Waals surface area contributed by atoms with Gasteiger partial charge in [0.2, 0.25) is 15.9 Å².